The highest BCUT2D eigenvalue weighted by Crippen LogP contribution is 2.82. The van der Waals surface area contributed by atoms with Gasteiger partial charge in [-0.1, -0.05) is 41.0 Å². The largest absolute Gasteiger partial charge is 0.392 e. The molecule has 1 spiro atoms. The minimum absolute atomic E-state index is 0.0680. The van der Waals surface area contributed by atoms with E-state index in [9.17, 15) is 5.11 Å². The van der Waals surface area contributed by atoms with Crippen molar-refractivity contribution in [3.63, 3.8) is 0 Å². The molecule has 0 aromatic rings. The summed E-state index contributed by atoms with van der Waals surface area (Å²) in [5.41, 5.74) is 1.74. The fourth-order valence-electron chi connectivity index (χ4n) is 8.48. The number of fused-ring (bicyclic) bond motifs is 2. The molecule has 4 aliphatic carbocycles. The van der Waals surface area contributed by atoms with Crippen LogP contribution in [0.2, 0.25) is 0 Å². The van der Waals surface area contributed by atoms with Gasteiger partial charge in [-0.15, -0.1) is 0 Å². The first-order chi connectivity index (χ1) is 9.62. The number of aliphatic hydroxyl groups is 1. The number of hydrogen-bond acceptors (Lipinski definition) is 1. The number of rotatable bonds is 0. The molecule has 4 saturated carbocycles. The molecule has 4 rings (SSSR count). The van der Waals surface area contributed by atoms with Gasteiger partial charge >= 0.3 is 0 Å². The SMILES string of the molecule is CC1(C)CCC[C@@]2(C)C1CC[C@@]1(C)[C@@H](O)[C@]3(C)CC[C@]21C3. The molecule has 1 nitrogen and oxygen atoms in total. The topological polar surface area (TPSA) is 20.2 Å². The quantitative estimate of drug-likeness (QED) is 0.652. The van der Waals surface area contributed by atoms with Gasteiger partial charge in [0.2, 0.25) is 0 Å². The van der Waals surface area contributed by atoms with Crippen LogP contribution in [0.3, 0.4) is 0 Å². The maximum Gasteiger partial charge on any atom is 0.0653 e. The lowest BCUT2D eigenvalue weighted by atomic mass is 9.37. The minimum atomic E-state index is -0.0680. The fraction of sp³-hybridized carbons (Fsp3) is 1.00. The van der Waals surface area contributed by atoms with E-state index in [1.165, 1.54) is 51.4 Å². The smallest absolute Gasteiger partial charge is 0.0653 e. The molecule has 6 atom stereocenters. The monoisotopic (exact) mass is 290 g/mol. The van der Waals surface area contributed by atoms with E-state index in [2.05, 4.69) is 34.6 Å². The molecule has 0 saturated heterocycles. The van der Waals surface area contributed by atoms with Gasteiger partial charge in [0.25, 0.3) is 0 Å². The van der Waals surface area contributed by atoms with E-state index in [0.29, 0.717) is 16.2 Å². The van der Waals surface area contributed by atoms with Gasteiger partial charge in [-0.2, -0.15) is 0 Å². The van der Waals surface area contributed by atoms with Crippen LogP contribution in [-0.2, 0) is 0 Å². The lowest BCUT2D eigenvalue weighted by molar-refractivity contribution is -0.211. The van der Waals surface area contributed by atoms with Crippen molar-refractivity contribution in [2.75, 3.05) is 0 Å². The summed E-state index contributed by atoms with van der Waals surface area (Å²) in [6.45, 7) is 12.5. The second kappa shape index (κ2) is 3.71. The summed E-state index contributed by atoms with van der Waals surface area (Å²) < 4.78 is 0. The first-order valence-electron chi connectivity index (χ1n) is 9.30. The van der Waals surface area contributed by atoms with Crippen molar-refractivity contribution in [2.24, 2.45) is 33.0 Å². The molecular formula is C20H34O. The maximum atomic E-state index is 11.2. The summed E-state index contributed by atoms with van der Waals surface area (Å²) in [5, 5.41) is 11.2. The highest BCUT2D eigenvalue weighted by molar-refractivity contribution is 5.26. The summed E-state index contributed by atoms with van der Waals surface area (Å²) in [7, 11) is 0. The van der Waals surface area contributed by atoms with Crippen LogP contribution in [0.1, 0.15) is 86.0 Å². The zero-order chi connectivity index (χ0) is 15.3. The van der Waals surface area contributed by atoms with Crippen molar-refractivity contribution in [1.82, 2.24) is 0 Å². The van der Waals surface area contributed by atoms with Crippen molar-refractivity contribution in [3.05, 3.63) is 0 Å². The van der Waals surface area contributed by atoms with E-state index in [1.807, 2.05) is 0 Å². The van der Waals surface area contributed by atoms with Crippen LogP contribution in [0.4, 0.5) is 0 Å². The van der Waals surface area contributed by atoms with Crippen molar-refractivity contribution >= 4 is 0 Å². The van der Waals surface area contributed by atoms with Crippen LogP contribution in [0.5, 0.6) is 0 Å². The van der Waals surface area contributed by atoms with Gasteiger partial charge in [-0.25, -0.2) is 0 Å². The molecule has 0 aromatic heterocycles. The van der Waals surface area contributed by atoms with E-state index >= 15 is 0 Å². The summed E-state index contributed by atoms with van der Waals surface area (Å²) in [4.78, 5) is 0. The van der Waals surface area contributed by atoms with Crippen LogP contribution in [0.15, 0.2) is 0 Å². The van der Waals surface area contributed by atoms with Crippen LogP contribution in [0.25, 0.3) is 0 Å². The predicted molar refractivity (Wildman–Crippen MR) is 87.0 cm³/mol. The summed E-state index contributed by atoms with van der Waals surface area (Å²) in [6, 6.07) is 0. The molecule has 0 heterocycles. The van der Waals surface area contributed by atoms with Crippen LogP contribution in [0, 0.1) is 33.0 Å². The Labute approximate surface area is 130 Å². The number of aliphatic hydroxyl groups excluding tert-OH is 1. The Bertz CT molecular complexity index is 482. The van der Waals surface area contributed by atoms with Crippen molar-refractivity contribution < 1.29 is 5.11 Å². The third kappa shape index (κ3) is 1.35. The van der Waals surface area contributed by atoms with Gasteiger partial charge in [-0.3, -0.25) is 0 Å². The zero-order valence-corrected chi connectivity index (χ0v) is 14.8. The standard InChI is InChI=1S/C20H34O/c1-16(2)8-6-9-18(4)14(16)7-10-19(5)15(21)17(3)11-12-20(18,19)13-17/h14-15,21H,6-13H2,1-5H3/t14?,15-,17+,18-,19-,20-/m0/s1. The van der Waals surface area contributed by atoms with Gasteiger partial charge in [0.05, 0.1) is 6.10 Å². The van der Waals surface area contributed by atoms with E-state index in [0.717, 1.165) is 5.92 Å². The first-order valence-corrected chi connectivity index (χ1v) is 9.30. The molecule has 1 N–H and O–H groups in total. The van der Waals surface area contributed by atoms with Crippen molar-refractivity contribution in [1.29, 1.82) is 0 Å². The molecule has 1 heteroatoms. The molecule has 0 amide bonds. The van der Waals surface area contributed by atoms with Crippen molar-refractivity contribution in [2.45, 2.75) is 92.1 Å². The Morgan fingerprint density at radius 1 is 0.810 bits per heavy atom. The Kier molecular flexibility index (Phi) is 2.57. The van der Waals surface area contributed by atoms with Crippen molar-refractivity contribution in [3.8, 4) is 0 Å². The van der Waals surface area contributed by atoms with Crippen LogP contribution < -0.4 is 0 Å². The molecule has 0 aromatic carbocycles. The lowest BCUT2D eigenvalue weighted by Gasteiger charge is -2.68. The normalized spacial score (nSPS) is 61.4. The molecule has 2 bridgehead atoms. The average Bonchev–Trinajstić information content (AvgIpc) is 2.82. The minimum Gasteiger partial charge on any atom is -0.392 e. The molecule has 0 radical (unpaired) electrons. The van der Waals surface area contributed by atoms with E-state index < -0.39 is 0 Å². The Morgan fingerprint density at radius 3 is 2.24 bits per heavy atom. The summed E-state index contributed by atoms with van der Waals surface area (Å²) >= 11 is 0. The highest BCUT2D eigenvalue weighted by atomic mass is 16.3. The van der Waals surface area contributed by atoms with Gasteiger partial charge < -0.3 is 5.11 Å². The Balaban J connectivity index is 1.87. The van der Waals surface area contributed by atoms with Gasteiger partial charge in [-0.05, 0) is 72.5 Å². The molecular weight excluding hydrogens is 256 g/mol. The molecule has 21 heavy (non-hydrogen) atoms. The molecule has 4 fully saturated rings. The van der Waals surface area contributed by atoms with Crippen LogP contribution in [-0.4, -0.2) is 11.2 Å². The lowest BCUT2D eigenvalue weighted by Crippen LogP contribution is -2.62. The Morgan fingerprint density at radius 2 is 1.52 bits per heavy atom. The third-order valence-electron chi connectivity index (χ3n) is 9.46. The summed E-state index contributed by atoms with van der Waals surface area (Å²) in [5.74, 6) is 0.861. The van der Waals surface area contributed by atoms with Gasteiger partial charge in [0.1, 0.15) is 0 Å². The first kappa shape index (κ1) is 14.5. The van der Waals surface area contributed by atoms with Crippen LogP contribution >= 0.6 is 0 Å². The Hall–Kier alpha value is -0.0400. The fourth-order valence-corrected chi connectivity index (χ4v) is 8.48. The second-order valence-electron chi connectivity index (χ2n) is 10.6. The predicted octanol–water partition coefficient (Wildman–Crippen LogP) is 5.17. The molecule has 1 unspecified atom stereocenters. The molecule has 120 valence electrons. The maximum absolute atomic E-state index is 11.2. The average molecular weight is 290 g/mol. The third-order valence-corrected chi connectivity index (χ3v) is 9.46. The van der Waals surface area contributed by atoms with Gasteiger partial charge in [0, 0.05) is 5.41 Å². The van der Waals surface area contributed by atoms with E-state index in [-0.39, 0.29) is 16.9 Å². The molecule has 0 aliphatic heterocycles. The van der Waals surface area contributed by atoms with E-state index in [4.69, 9.17) is 0 Å². The molecule has 4 aliphatic rings. The second-order valence-corrected chi connectivity index (χ2v) is 10.6. The van der Waals surface area contributed by atoms with Gasteiger partial charge in [0.15, 0.2) is 0 Å². The highest BCUT2D eigenvalue weighted by Gasteiger charge is 2.77. The van der Waals surface area contributed by atoms with E-state index in [1.54, 1.807) is 0 Å². The summed E-state index contributed by atoms with van der Waals surface area (Å²) in [6.07, 6.45) is 10.7. The zero-order valence-electron chi connectivity index (χ0n) is 14.8. The number of hydrogen-bond donors (Lipinski definition) is 1.